The SMILES string of the molecule is COc1ccc(F)c(CN2CC(O)CC3(CCN(Cc4ccco4)CC3)C2)c1. The Kier molecular flexibility index (Phi) is 5.71. The third kappa shape index (κ3) is 4.40. The van der Waals surface area contributed by atoms with Crippen LogP contribution in [0.4, 0.5) is 4.39 Å². The summed E-state index contributed by atoms with van der Waals surface area (Å²) in [7, 11) is 1.59. The molecule has 2 aliphatic heterocycles. The number of halogens is 1. The van der Waals surface area contributed by atoms with Gasteiger partial charge in [-0.15, -0.1) is 0 Å². The van der Waals surface area contributed by atoms with E-state index in [0.29, 0.717) is 24.4 Å². The molecule has 1 atom stereocenters. The minimum Gasteiger partial charge on any atom is -0.497 e. The minimum atomic E-state index is -0.362. The molecule has 0 radical (unpaired) electrons. The topological polar surface area (TPSA) is 49.1 Å². The number of piperidine rings is 2. The Hall–Kier alpha value is -1.89. The van der Waals surface area contributed by atoms with Crippen LogP contribution in [0, 0.1) is 11.2 Å². The minimum absolute atomic E-state index is 0.104. The van der Waals surface area contributed by atoms with E-state index in [2.05, 4.69) is 9.80 Å². The van der Waals surface area contributed by atoms with E-state index in [0.717, 1.165) is 51.2 Å². The van der Waals surface area contributed by atoms with Crippen LogP contribution in [0.2, 0.25) is 0 Å². The second-order valence-electron chi connectivity index (χ2n) is 8.34. The molecular formula is C22H29FN2O3. The lowest BCUT2D eigenvalue weighted by Crippen LogP contribution is -2.53. The summed E-state index contributed by atoms with van der Waals surface area (Å²) in [5.41, 5.74) is 0.728. The molecule has 1 spiro atoms. The molecule has 28 heavy (non-hydrogen) atoms. The molecule has 3 heterocycles. The lowest BCUT2D eigenvalue weighted by atomic mass is 9.71. The summed E-state index contributed by atoms with van der Waals surface area (Å²) in [6.45, 7) is 4.82. The van der Waals surface area contributed by atoms with Crippen LogP contribution in [-0.4, -0.2) is 54.3 Å². The molecule has 152 valence electrons. The number of benzene rings is 1. The van der Waals surface area contributed by atoms with Gasteiger partial charge in [-0.3, -0.25) is 9.80 Å². The van der Waals surface area contributed by atoms with E-state index in [4.69, 9.17) is 9.15 Å². The van der Waals surface area contributed by atoms with E-state index in [1.165, 1.54) is 6.07 Å². The Morgan fingerprint density at radius 2 is 2.04 bits per heavy atom. The van der Waals surface area contributed by atoms with Gasteiger partial charge in [-0.2, -0.15) is 0 Å². The van der Waals surface area contributed by atoms with Gasteiger partial charge in [0.05, 0.1) is 26.0 Å². The van der Waals surface area contributed by atoms with Crippen LogP contribution in [-0.2, 0) is 13.1 Å². The fraction of sp³-hybridized carbons (Fsp3) is 0.545. The Morgan fingerprint density at radius 3 is 2.75 bits per heavy atom. The quantitative estimate of drug-likeness (QED) is 0.852. The van der Waals surface area contributed by atoms with Crippen LogP contribution in [0.15, 0.2) is 41.0 Å². The Labute approximate surface area is 165 Å². The fourth-order valence-corrected chi connectivity index (χ4v) is 4.80. The van der Waals surface area contributed by atoms with Crippen molar-refractivity contribution < 1.29 is 18.7 Å². The number of hydrogen-bond donors (Lipinski definition) is 1. The standard InChI is InChI=1S/C22H29FN2O3/c1-27-19-4-5-21(23)17(11-19)13-25-14-18(26)12-22(16-25)6-8-24(9-7-22)15-20-3-2-10-28-20/h2-5,10-11,18,26H,6-9,12-16H2,1H3. The number of rotatable bonds is 5. The van der Waals surface area contributed by atoms with Crippen LogP contribution in [0.5, 0.6) is 5.75 Å². The first-order chi connectivity index (χ1) is 13.5. The first-order valence-corrected chi connectivity index (χ1v) is 10.0. The van der Waals surface area contributed by atoms with Crippen molar-refractivity contribution in [1.82, 2.24) is 9.80 Å². The van der Waals surface area contributed by atoms with Gasteiger partial charge in [0.2, 0.25) is 0 Å². The molecule has 0 saturated carbocycles. The van der Waals surface area contributed by atoms with Gasteiger partial charge in [-0.25, -0.2) is 4.39 Å². The first kappa shape index (κ1) is 19.4. The van der Waals surface area contributed by atoms with Gasteiger partial charge in [0.15, 0.2) is 0 Å². The number of hydrogen-bond acceptors (Lipinski definition) is 5. The predicted molar refractivity (Wildman–Crippen MR) is 105 cm³/mol. The second-order valence-corrected chi connectivity index (χ2v) is 8.34. The third-order valence-electron chi connectivity index (χ3n) is 6.22. The van der Waals surface area contributed by atoms with Gasteiger partial charge >= 0.3 is 0 Å². The molecule has 0 bridgehead atoms. The Morgan fingerprint density at radius 1 is 1.21 bits per heavy atom. The average Bonchev–Trinajstić information content (AvgIpc) is 3.18. The maximum atomic E-state index is 14.3. The van der Waals surface area contributed by atoms with Crippen molar-refractivity contribution in [1.29, 1.82) is 0 Å². The first-order valence-electron chi connectivity index (χ1n) is 10.0. The highest BCUT2D eigenvalue weighted by molar-refractivity contribution is 5.29. The molecule has 1 unspecified atom stereocenters. The van der Waals surface area contributed by atoms with Gasteiger partial charge in [0, 0.05) is 25.2 Å². The van der Waals surface area contributed by atoms with Crippen molar-refractivity contribution >= 4 is 0 Å². The second kappa shape index (κ2) is 8.23. The van der Waals surface area contributed by atoms with Crippen LogP contribution < -0.4 is 4.74 Å². The van der Waals surface area contributed by atoms with E-state index in [-0.39, 0.29) is 17.3 Å². The maximum Gasteiger partial charge on any atom is 0.127 e. The van der Waals surface area contributed by atoms with Gasteiger partial charge in [-0.05, 0) is 68.1 Å². The number of aliphatic hydroxyl groups excluding tert-OH is 1. The molecule has 6 heteroatoms. The van der Waals surface area contributed by atoms with Crippen LogP contribution in [0.1, 0.15) is 30.6 Å². The molecule has 2 fully saturated rings. The molecule has 1 N–H and O–H groups in total. The van der Waals surface area contributed by atoms with Crippen molar-refractivity contribution in [2.45, 2.75) is 38.5 Å². The van der Waals surface area contributed by atoms with Gasteiger partial charge in [-0.1, -0.05) is 0 Å². The highest BCUT2D eigenvalue weighted by atomic mass is 19.1. The molecule has 2 saturated heterocycles. The zero-order valence-electron chi connectivity index (χ0n) is 16.4. The lowest BCUT2D eigenvalue weighted by Gasteiger charge is -2.49. The Balaban J connectivity index is 1.39. The maximum absolute atomic E-state index is 14.3. The van der Waals surface area contributed by atoms with Crippen molar-refractivity contribution in [2.24, 2.45) is 5.41 Å². The molecule has 5 nitrogen and oxygen atoms in total. The van der Waals surface area contributed by atoms with Crippen molar-refractivity contribution in [3.63, 3.8) is 0 Å². The van der Waals surface area contributed by atoms with E-state index in [9.17, 15) is 9.50 Å². The van der Waals surface area contributed by atoms with E-state index >= 15 is 0 Å². The van der Waals surface area contributed by atoms with Crippen LogP contribution in [0.25, 0.3) is 0 Å². The van der Waals surface area contributed by atoms with Gasteiger partial charge in [0.1, 0.15) is 17.3 Å². The number of likely N-dealkylation sites (tertiary alicyclic amines) is 2. The summed E-state index contributed by atoms with van der Waals surface area (Å²) in [6, 6.07) is 8.79. The summed E-state index contributed by atoms with van der Waals surface area (Å²) in [5, 5.41) is 10.5. The van der Waals surface area contributed by atoms with Gasteiger partial charge < -0.3 is 14.3 Å². The van der Waals surface area contributed by atoms with E-state index in [1.807, 2.05) is 12.1 Å². The monoisotopic (exact) mass is 388 g/mol. The van der Waals surface area contributed by atoms with Crippen molar-refractivity contribution in [3.05, 3.63) is 53.7 Å². The smallest absolute Gasteiger partial charge is 0.127 e. The highest BCUT2D eigenvalue weighted by Gasteiger charge is 2.41. The summed E-state index contributed by atoms with van der Waals surface area (Å²) in [5.74, 6) is 1.44. The molecule has 2 aromatic rings. The number of methoxy groups -OCH3 is 1. The predicted octanol–water partition coefficient (Wildman–Crippen LogP) is 3.28. The van der Waals surface area contributed by atoms with Crippen LogP contribution >= 0.6 is 0 Å². The summed E-state index contributed by atoms with van der Waals surface area (Å²) in [6.07, 6.45) is 4.27. The normalized spacial score (nSPS) is 23.2. The number of ether oxygens (including phenoxy) is 1. The molecule has 0 aliphatic carbocycles. The molecular weight excluding hydrogens is 359 g/mol. The third-order valence-corrected chi connectivity index (χ3v) is 6.22. The molecule has 1 aromatic heterocycles. The number of nitrogens with zero attached hydrogens (tertiary/aromatic N) is 2. The lowest BCUT2D eigenvalue weighted by molar-refractivity contribution is -0.0455. The number of aliphatic hydroxyl groups is 1. The van der Waals surface area contributed by atoms with Crippen LogP contribution in [0.3, 0.4) is 0 Å². The molecule has 1 aromatic carbocycles. The average molecular weight is 388 g/mol. The van der Waals surface area contributed by atoms with Gasteiger partial charge in [0.25, 0.3) is 0 Å². The molecule has 2 aliphatic rings. The largest absolute Gasteiger partial charge is 0.497 e. The summed E-state index contributed by atoms with van der Waals surface area (Å²) >= 11 is 0. The number of furan rings is 1. The number of β-amino-alcohol motifs (C(OH)–C–C–N with tert-alkyl or cyclic N) is 1. The summed E-state index contributed by atoms with van der Waals surface area (Å²) in [4.78, 5) is 4.62. The van der Waals surface area contributed by atoms with E-state index in [1.54, 1.807) is 25.5 Å². The van der Waals surface area contributed by atoms with Crippen molar-refractivity contribution in [2.75, 3.05) is 33.3 Å². The zero-order valence-corrected chi connectivity index (χ0v) is 16.4. The molecule has 4 rings (SSSR count). The highest BCUT2D eigenvalue weighted by Crippen LogP contribution is 2.40. The molecule has 0 amide bonds. The zero-order chi connectivity index (χ0) is 19.6. The van der Waals surface area contributed by atoms with Crippen molar-refractivity contribution in [3.8, 4) is 5.75 Å². The van der Waals surface area contributed by atoms with E-state index < -0.39 is 0 Å². The summed E-state index contributed by atoms with van der Waals surface area (Å²) < 4.78 is 25.0. The Bertz CT molecular complexity index is 772. The fourth-order valence-electron chi connectivity index (χ4n) is 4.80.